The first-order valence-electron chi connectivity index (χ1n) is 6.31. The van der Waals surface area contributed by atoms with E-state index in [-0.39, 0.29) is 38.4 Å². The van der Waals surface area contributed by atoms with Crippen molar-refractivity contribution in [1.29, 1.82) is 0 Å². The number of nitrogens with zero attached hydrogens (tertiary/aromatic N) is 2. The zero-order valence-electron chi connectivity index (χ0n) is 11.2. The van der Waals surface area contributed by atoms with Crippen molar-refractivity contribution in [2.45, 2.75) is 0 Å². The third kappa shape index (κ3) is 2.85. The first kappa shape index (κ1) is 16.3. The number of benzene rings is 1. The molecule has 0 aliphatic carbocycles. The van der Waals surface area contributed by atoms with Gasteiger partial charge in [-0.2, -0.15) is 0 Å². The Morgan fingerprint density at radius 2 is 1.78 bits per heavy atom. The van der Waals surface area contributed by atoms with E-state index in [0.29, 0.717) is 11.4 Å². The highest BCUT2D eigenvalue weighted by atomic mass is 35.5. The molecule has 1 aromatic heterocycles. The lowest BCUT2D eigenvalue weighted by Gasteiger charge is -2.29. The monoisotopic (exact) mass is 389 g/mol. The zero-order chi connectivity index (χ0) is 16.7. The van der Waals surface area contributed by atoms with E-state index in [1.54, 1.807) is 24.3 Å². The number of carbonyl (C=O) groups excluding carboxylic acids is 2. The molecule has 1 aromatic carbocycles. The van der Waals surface area contributed by atoms with Crippen LogP contribution in [0.2, 0.25) is 20.2 Å². The fraction of sp³-hybridized carbons (Fsp3) is 0.0714. The van der Waals surface area contributed by atoms with Crippen molar-refractivity contribution in [2.24, 2.45) is 0 Å². The Labute approximate surface area is 151 Å². The number of para-hydroxylation sites is 2. The number of rotatable bonds is 1. The summed E-state index contributed by atoms with van der Waals surface area (Å²) in [6.07, 6.45) is 0. The van der Waals surface area contributed by atoms with E-state index < -0.39 is 5.91 Å². The average molecular weight is 391 g/mol. The summed E-state index contributed by atoms with van der Waals surface area (Å²) < 4.78 is 0. The number of fused-ring (bicyclic) bond motifs is 1. The van der Waals surface area contributed by atoms with Crippen LogP contribution in [0, 0.1) is 0 Å². The standard InChI is InChI=1S/C14H7Cl4N3O2/c15-9-10(16)12(20-13(18)11(9)17)14(23)21-5-8(22)19-6-3-1-2-4-7(6)21/h1-4H,5H2,(H,19,22). The zero-order valence-corrected chi connectivity index (χ0v) is 14.3. The molecule has 0 fully saturated rings. The Hall–Kier alpha value is -1.53. The molecular weight excluding hydrogens is 384 g/mol. The summed E-state index contributed by atoms with van der Waals surface area (Å²) in [6.45, 7) is -0.175. The van der Waals surface area contributed by atoms with E-state index in [4.69, 9.17) is 46.4 Å². The normalized spacial score (nSPS) is 13.6. The molecule has 0 saturated carbocycles. The molecule has 3 rings (SSSR count). The minimum Gasteiger partial charge on any atom is -0.323 e. The molecule has 1 aliphatic rings. The molecular formula is C14H7Cl4N3O2. The van der Waals surface area contributed by atoms with E-state index in [2.05, 4.69) is 10.3 Å². The van der Waals surface area contributed by atoms with Gasteiger partial charge in [0.2, 0.25) is 5.91 Å². The smallest absolute Gasteiger partial charge is 0.279 e. The number of halogens is 4. The Kier molecular flexibility index (Phi) is 4.38. The Morgan fingerprint density at radius 3 is 2.52 bits per heavy atom. The van der Waals surface area contributed by atoms with Gasteiger partial charge >= 0.3 is 0 Å². The molecule has 0 bridgehead atoms. The predicted octanol–water partition coefficient (Wildman–Crippen LogP) is 4.29. The largest absolute Gasteiger partial charge is 0.323 e. The summed E-state index contributed by atoms with van der Waals surface area (Å²) in [6, 6.07) is 6.87. The minimum absolute atomic E-state index is 0.0355. The summed E-state index contributed by atoms with van der Waals surface area (Å²) in [7, 11) is 0. The van der Waals surface area contributed by atoms with Crippen LogP contribution in [0.3, 0.4) is 0 Å². The Balaban J connectivity index is 2.10. The molecule has 2 aromatic rings. The molecule has 5 nitrogen and oxygen atoms in total. The highest BCUT2D eigenvalue weighted by Crippen LogP contribution is 2.38. The van der Waals surface area contributed by atoms with Crippen LogP contribution in [0.5, 0.6) is 0 Å². The number of amides is 2. The molecule has 1 aliphatic heterocycles. The first-order chi connectivity index (χ1) is 10.9. The lowest BCUT2D eigenvalue weighted by Crippen LogP contribution is -2.42. The van der Waals surface area contributed by atoms with Gasteiger partial charge in [0, 0.05) is 0 Å². The van der Waals surface area contributed by atoms with Gasteiger partial charge in [-0.1, -0.05) is 58.5 Å². The van der Waals surface area contributed by atoms with Crippen LogP contribution in [0.4, 0.5) is 11.4 Å². The molecule has 0 radical (unpaired) electrons. The maximum absolute atomic E-state index is 12.8. The van der Waals surface area contributed by atoms with E-state index in [1.807, 2.05) is 0 Å². The number of pyridine rings is 1. The third-order valence-electron chi connectivity index (χ3n) is 3.20. The maximum Gasteiger partial charge on any atom is 0.279 e. The second-order valence-corrected chi connectivity index (χ2v) is 6.14. The molecule has 0 spiro atoms. The molecule has 0 unspecified atom stereocenters. The van der Waals surface area contributed by atoms with Gasteiger partial charge in [-0.05, 0) is 12.1 Å². The minimum atomic E-state index is -0.599. The molecule has 118 valence electrons. The number of hydrogen-bond donors (Lipinski definition) is 1. The van der Waals surface area contributed by atoms with Crippen LogP contribution in [-0.4, -0.2) is 23.3 Å². The van der Waals surface area contributed by atoms with E-state index in [9.17, 15) is 9.59 Å². The fourth-order valence-electron chi connectivity index (χ4n) is 2.17. The van der Waals surface area contributed by atoms with Crippen molar-refractivity contribution in [3.63, 3.8) is 0 Å². The van der Waals surface area contributed by atoms with Crippen LogP contribution < -0.4 is 10.2 Å². The molecule has 23 heavy (non-hydrogen) atoms. The number of anilines is 2. The van der Waals surface area contributed by atoms with E-state index in [0.717, 1.165) is 0 Å². The summed E-state index contributed by atoms with van der Waals surface area (Å²) in [4.78, 5) is 29.7. The second kappa shape index (κ2) is 6.17. The van der Waals surface area contributed by atoms with Gasteiger partial charge in [-0.25, -0.2) is 4.98 Å². The first-order valence-corrected chi connectivity index (χ1v) is 7.82. The Bertz CT molecular complexity index is 841. The molecule has 9 heteroatoms. The SMILES string of the molecule is O=C1CN(C(=O)c2nc(Cl)c(Cl)c(Cl)c2Cl)c2ccccc2N1. The summed E-state index contributed by atoms with van der Waals surface area (Å²) in [5.41, 5.74) is 0.868. The lowest BCUT2D eigenvalue weighted by molar-refractivity contribution is -0.115. The van der Waals surface area contributed by atoms with Crippen LogP contribution in [0.1, 0.15) is 10.5 Å². The van der Waals surface area contributed by atoms with Gasteiger partial charge in [-0.3, -0.25) is 14.5 Å². The van der Waals surface area contributed by atoms with E-state index in [1.165, 1.54) is 4.90 Å². The highest BCUT2D eigenvalue weighted by molar-refractivity contribution is 6.52. The summed E-state index contributed by atoms with van der Waals surface area (Å²) in [5.74, 6) is -0.933. The molecule has 1 N–H and O–H groups in total. The topological polar surface area (TPSA) is 62.3 Å². The third-order valence-corrected chi connectivity index (χ3v) is 4.88. The number of hydrogen-bond acceptors (Lipinski definition) is 3. The van der Waals surface area contributed by atoms with Gasteiger partial charge < -0.3 is 5.32 Å². The molecule has 2 amide bonds. The number of nitrogens with one attached hydrogen (secondary N) is 1. The lowest BCUT2D eigenvalue weighted by atomic mass is 10.1. The van der Waals surface area contributed by atoms with Crippen LogP contribution in [0.15, 0.2) is 24.3 Å². The second-order valence-electron chi connectivity index (χ2n) is 4.65. The van der Waals surface area contributed by atoms with Crippen molar-refractivity contribution < 1.29 is 9.59 Å². The fourth-order valence-corrected chi connectivity index (χ4v) is 2.98. The van der Waals surface area contributed by atoms with Crippen molar-refractivity contribution >= 4 is 69.6 Å². The van der Waals surface area contributed by atoms with Crippen LogP contribution in [0.25, 0.3) is 0 Å². The van der Waals surface area contributed by atoms with E-state index >= 15 is 0 Å². The van der Waals surface area contributed by atoms with Gasteiger partial charge in [0.1, 0.15) is 11.7 Å². The quantitative estimate of drug-likeness (QED) is 0.738. The molecule has 0 saturated heterocycles. The summed E-state index contributed by atoms with van der Waals surface area (Å²) in [5, 5.41) is 2.33. The van der Waals surface area contributed by atoms with Gasteiger partial charge in [0.15, 0.2) is 5.69 Å². The summed E-state index contributed by atoms with van der Waals surface area (Å²) >= 11 is 23.7. The molecule has 0 atom stereocenters. The molecule has 2 heterocycles. The van der Waals surface area contributed by atoms with Crippen molar-refractivity contribution in [2.75, 3.05) is 16.8 Å². The number of carbonyl (C=O) groups is 2. The van der Waals surface area contributed by atoms with Gasteiger partial charge in [-0.15, -0.1) is 0 Å². The van der Waals surface area contributed by atoms with Crippen LogP contribution in [-0.2, 0) is 4.79 Å². The van der Waals surface area contributed by atoms with Gasteiger partial charge in [0.05, 0.1) is 26.4 Å². The van der Waals surface area contributed by atoms with Crippen molar-refractivity contribution in [1.82, 2.24) is 4.98 Å². The highest BCUT2D eigenvalue weighted by Gasteiger charge is 2.31. The average Bonchev–Trinajstić information content (AvgIpc) is 2.54. The Morgan fingerprint density at radius 1 is 1.09 bits per heavy atom. The van der Waals surface area contributed by atoms with Crippen LogP contribution >= 0.6 is 46.4 Å². The van der Waals surface area contributed by atoms with Crippen molar-refractivity contribution in [3.8, 4) is 0 Å². The number of aromatic nitrogens is 1. The van der Waals surface area contributed by atoms with Gasteiger partial charge in [0.25, 0.3) is 5.91 Å². The van der Waals surface area contributed by atoms with Crippen molar-refractivity contribution in [3.05, 3.63) is 50.2 Å². The maximum atomic E-state index is 12.8. The predicted molar refractivity (Wildman–Crippen MR) is 91.0 cm³/mol.